The number of nitrogens with two attached hydrogens (primary N) is 1. The number of amides is 1. The molecular formula is C17H25ClN6O2. The van der Waals surface area contributed by atoms with Gasteiger partial charge in [0.05, 0.1) is 13.2 Å². The van der Waals surface area contributed by atoms with Crippen LogP contribution in [-0.4, -0.2) is 39.3 Å². The monoisotopic (exact) mass is 380 g/mol. The highest BCUT2D eigenvalue weighted by Crippen LogP contribution is 2.40. The topological polar surface area (TPSA) is 108 Å². The molecule has 142 valence electrons. The first kappa shape index (κ1) is 20.1. The number of ether oxygens (including phenoxy) is 1. The number of anilines is 1. The molecule has 1 fully saturated rings. The van der Waals surface area contributed by atoms with Crippen molar-refractivity contribution in [3.05, 3.63) is 24.0 Å². The summed E-state index contributed by atoms with van der Waals surface area (Å²) in [5, 5.41) is 14.9. The lowest BCUT2D eigenvalue weighted by atomic mass is 9.99. The number of carbonyl (C=O) groups is 1. The number of hydrogen-bond acceptors (Lipinski definition) is 6. The summed E-state index contributed by atoms with van der Waals surface area (Å²) in [6, 6.07) is 4.83. The Hall–Kier alpha value is -2.19. The first-order valence-corrected chi connectivity index (χ1v) is 8.58. The predicted octanol–water partition coefficient (Wildman–Crippen LogP) is 2.28. The summed E-state index contributed by atoms with van der Waals surface area (Å²) >= 11 is 0. The highest BCUT2D eigenvalue weighted by atomic mass is 35.5. The van der Waals surface area contributed by atoms with Gasteiger partial charge in [-0.05, 0) is 47.4 Å². The molecule has 0 saturated heterocycles. The van der Waals surface area contributed by atoms with Gasteiger partial charge in [0.2, 0.25) is 5.91 Å². The fraction of sp³-hybridized carbons (Fsp3) is 0.529. The van der Waals surface area contributed by atoms with Gasteiger partial charge in [-0.2, -0.15) is 4.68 Å². The van der Waals surface area contributed by atoms with E-state index in [-0.39, 0.29) is 24.2 Å². The maximum atomic E-state index is 12.3. The molecule has 0 bridgehead atoms. The number of nitrogens with zero attached hydrogens (tertiary/aromatic N) is 4. The summed E-state index contributed by atoms with van der Waals surface area (Å²) in [7, 11) is 1.59. The van der Waals surface area contributed by atoms with E-state index in [1.807, 2.05) is 19.9 Å². The molecule has 2 aromatic rings. The highest BCUT2D eigenvalue weighted by molar-refractivity contribution is 5.95. The molecule has 1 amide bonds. The summed E-state index contributed by atoms with van der Waals surface area (Å²) < 4.78 is 7.11. The number of carbonyl (C=O) groups excluding carboxylic acids is 1. The van der Waals surface area contributed by atoms with Crippen LogP contribution in [0.4, 0.5) is 5.69 Å². The number of rotatable bonds is 7. The average Bonchev–Trinajstić information content (AvgIpc) is 3.36. The standard InChI is InChI=1S/C17H24N6O2.ClH/c1-4-10(2)15(18)17(24)19-12-7-8-14(25-3)13(9-12)23-16(11-5-6-11)20-21-22-23;/h7-11,15H,4-6,18H2,1-3H3,(H,19,24);1H. The summed E-state index contributed by atoms with van der Waals surface area (Å²) in [6.45, 7) is 3.98. The van der Waals surface area contributed by atoms with E-state index in [0.717, 1.165) is 25.1 Å². The normalized spacial score (nSPS) is 15.7. The van der Waals surface area contributed by atoms with Crippen LogP contribution in [0, 0.1) is 5.92 Å². The van der Waals surface area contributed by atoms with Crippen molar-refractivity contribution in [2.75, 3.05) is 12.4 Å². The molecular weight excluding hydrogens is 356 g/mol. The Morgan fingerprint density at radius 1 is 1.46 bits per heavy atom. The van der Waals surface area contributed by atoms with Crippen LogP contribution in [0.2, 0.25) is 0 Å². The molecule has 1 aromatic heterocycles. The number of benzene rings is 1. The van der Waals surface area contributed by atoms with E-state index in [0.29, 0.717) is 23.0 Å². The van der Waals surface area contributed by atoms with Crippen molar-refractivity contribution in [1.82, 2.24) is 20.2 Å². The summed E-state index contributed by atoms with van der Waals surface area (Å²) in [6.07, 6.45) is 3.02. The molecule has 3 rings (SSSR count). The van der Waals surface area contributed by atoms with Gasteiger partial charge in [0.1, 0.15) is 11.4 Å². The summed E-state index contributed by atoms with van der Waals surface area (Å²) in [5.41, 5.74) is 7.34. The second-order valence-electron chi connectivity index (χ2n) is 6.51. The van der Waals surface area contributed by atoms with Gasteiger partial charge in [-0.25, -0.2) is 0 Å². The lowest BCUT2D eigenvalue weighted by Gasteiger charge is -2.18. The zero-order valence-electron chi connectivity index (χ0n) is 15.2. The van der Waals surface area contributed by atoms with Gasteiger partial charge in [0, 0.05) is 11.6 Å². The minimum atomic E-state index is -0.550. The molecule has 26 heavy (non-hydrogen) atoms. The second-order valence-corrected chi connectivity index (χ2v) is 6.51. The zero-order valence-corrected chi connectivity index (χ0v) is 16.0. The van der Waals surface area contributed by atoms with Gasteiger partial charge in [-0.15, -0.1) is 17.5 Å². The molecule has 1 aliphatic carbocycles. The molecule has 3 N–H and O–H groups in total. The third-order valence-electron chi connectivity index (χ3n) is 4.67. The molecule has 1 aliphatic rings. The van der Waals surface area contributed by atoms with Gasteiger partial charge in [0.15, 0.2) is 5.82 Å². The van der Waals surface area contributed by atoms with Crippen LogP contribution >= 0.6 is 12.4 Å². The molecule has 2 atom stereocenters. The number of tetrazole rings is 1. The van der Waals surface area contributed by atoms with Crippen molar-refractivity contribution in [3.8, 4) is 11.4 Å². The van der Waals surface area contributed by atoms with Crippen LogP contribution in [0.3, 0.4) is 0 Å². The van der Waals surface area contributed by atoms with Crippen molar-refractivity contribution in [1.29, 1.82) is 0 Å². The third-order valence-corrected chi connectivity index (χ3v) is 4.67. The van der Waals surface area contributed by atoms with Crippen molar-refractivity contribution in [2.24, 2.45) is 11.7 Å². The average molecular weight is 381 g/mol. The molecule has 1 aromatic carbocycles. The number of methoxy groups -OCH3 is 1. The zero-order chi connectivity index (χ0) is 18.0. The number of nitrogens with one attached hydrogen (secondary N) is 1. The summed E-state index contributed by atoms with van der Waals surface area (Å²) in [4.78, 5) is 12.3. The van der Waals surface area contributed by atoms with Crippen LogP contribution in [0.25, 0.3) is 5.69 Å². The quantitative estimate of drug-likeness (QED) is 0.762. The molecule has 1 heterocycles. The van der Waals surface area contributed by atoms with Crippen LogP contribution in [0.15, 0.2) is 18.2 Å². The van der Waals surface area contributed by atoms with E-state index in [1.54, 1.807) is 23.9 Å². The molecule has 0 spiro atoms. The lowest BCUT2D eigenvalue weighted by Crippen LogP contribution is -2.40. The number of halogens is 1. The summed E-state index contributed by atoms with van der Waals surface area (Å²) in [5.74, 6) is 1.75. The maximum absolute atomic E-state index is 12.3. The molecule has 9 heteroatoms. The Morgan fingerprint density at radius 3 is 2.81 bits per heavy atom. The third kappa shape index (κ3) is 4.13. The fourth-order valence-corrected chi connectivity index (χ4v) is 2.63. The fourth-order valence-electron chi connectivity index (χ4n) is 2.63. The van der Waals surface area contributed by atoms with Crippen molar-refractivity contribution >= 4 is 24.0 Å². The highest BCUT2D eigenvalue weighted by Gasteiger charge is 2.31. The van der Waals surface area contributed by atoms with E-state index in [4.69, 9.17) is 10.5 Å². The van der Waals surface area contributed by atoms with Gasteiger partial charge < -0.3 is 15.8 Å². The number of hydrogen-bond donors (Lipinski definition) is 2. The van der Waals surface area contributed by atoms with Gasteiger partial charge in [-0.1, -0.05) is 20.3 Å². The minimum absolute atomic E-state index is 0. The van der Waals surface area contributed by atoms with Crippen LogP contribution in [-0.2, 0) is 4.79 Å². The van der Waals surface area contributed by atoms with Gasteiger partial charge in [-0.3, -0.25) is 4.79 Å². The van der Waals surface area contributed by atoms with Crippen molar-refractivity contribution in [3.63, 3.8) is 0 Å². The maximum Gasteiger partial charge on any atom is 0.241 e. The van der Waals surface area contributed by atoms with E-state index in [2.05, 4.69) is 20.8 Å². The Morgan fingerprint density at radius 2 is 2.19 bits per heavy atom. The first-order chi connectivity index (χ1) is 12.0. The van der Waals surface area contributed by atoms with E-state index >= 15 is 0 Å². The Bertz CT molecular complexity index is 761. The van der Waals surface area contributed by atoms with Crippen LogP contribution < -0.4 is 15.8 Å². The Balaban J connectivity index is 0.00000243. The van der Waals surface area contributed by atoms with Crippen LogP contribution in [0.1, 0.15) is 44.9 Å². The van der Waals surface area contributed by atoms with E-state index in [1.165, 1.54) is 0 Å². The molecule has 1 saturated carbocycles. The molecule has 0 aliphatic heterocycles. The van der Waals surface area contributed by atoms with Crippen molar-refractivity contribution in [2.45, 2.75) is 45.1 Å². The molecule has 2 unspecified atom stereocenters. The van der Waals surface area contributed by atoms with E-state index in [9.17, 15) is 4.79 Å². The second kappa shape index (κ2) is 8.46. The Kier molecular flexibility index (Phi) is 6.55. The first-order valence-electron chi connectivity index (χ1n) is 8.58. The largest absolute Gasteiger partial charge is 0.494 e. The van der Waals surface area contributed by atoms with Crippen LogP contribution in [0.5, 0.6) is 5.75 Å². The molecule has 0 radical (unpaired) electrons. The van der Waals surface area contributed by atoms with E-state index < -0.39 is 6.04 Å². The number of aromatic nitrogens is 4. The van der Waals surface area contributed by atoms with Gasteiger partial charge >= 0.3 is 0 Å². The molecule has 8 nitrogen and oxygen atoms in total. The lowest BCUT2D eigenvalue weighted by molar-refractivity contribution is -0.118. The SMILES string of the molecule is CCC(C)C(N)C(=O)Nc1ccc(OC)c(-n2nnnc2C2CC2)c1.Cl. The minimum Gasteiger partial charge on any atom is -0.494 e. The smallest absolute Gasteiger partial charge is 0.241 e. The Labute approximate surface area is 158 Å². The predicted molar refractivity (Wildman–Crippen MR) is 101 cm³/mol. The van der Waals surface area contributed by atoms with Gasteiger partial charge in [0.25, 0.3) is 0 Å². The van der Waals surface area contributed by atoms with Crippen molar-refractivity contribution < 1.29 is 9.53 Å².